The van der Waals surface area contributed by atoms with Crippen LogP contribution in [0.15, 0.2) is 41.8 Å². The molecular formula is C19H15ClN2O2S. The monoisotopic (exact) mass is 370 g/mol. The van der Waals surface area contributed by atoms with Crippen molar-refractivity contribution in [3.05, 3.63) is 63.6 Å². The van der Waals surface area contributed by atoms with Crippen LogP contribution in [0.5, 0.6) is 0 Å². The first-order valence-electron chi connectivity index (χ1n) is 7.85. The van der Waals surface area contributed by atoms with E-state index in [0.29, 0.717) is 6.54 Å². The molecule has 4 rings (SSSR count). The molecule has 2 heterocycles. The summed E-state index contributed by atoms with van der Waals surface area (Å²) < 4.78 is 3.14. The molecule has 0 radical (unpaired) electrons. The molecule has 0 spiro atoms. The number of fused-ring (bicyclic) bond motifs is 2. The van der Waals surface area contributed by atoms with E-state index in [0.717, 1.165) is 38.1 Å². The number of benzene rings is 2. The summed E-state index contributed by atoms with van der Waals surface area (Å²) in [5.41, 5.74) is 3.84. The van der Waals surface area contributed by atoms with Crippen LogP contribution in [0.2, 0.25) is 5.02 Å². The van der Waals surface area contributed by atoms with Crippen LogP contribution in [0.4, 0.5) is 0 Å². The molecule has 2 aromatic carbocycles. The van der Waals surface area contributed by atoms with Crippen molar-refractivity contribution in [2.24, 2.45) is 0 Å². The molecule has 0 fully saturated rings. The van der Waals surface area contributed by atoms with E-state index in [1.54, 1.807) is 11.3 Å². The number of aryl methyl sites for hydroxylation is 1. The lowest BCUT2D eigenvalue weighted by atomic mass is 10.1. The van der Waals surface area contributed by atoms with Crippen molar-refractivity contribution < 1.29 is 9.90 Å². The van der Waals surface area contributed by atoms with E-state index >= 15 is 0 Å². The third-order valence-corrected chi connectivity index (χ3v) is 5.54. The first-order chi connectivity index (χ1) is 12.0. The summed E-state index contributed by atoms with van der Waals surface area (Å²) in [6.07, 6.45) is 0.0111. The second-order valence-corrected chi connectivity index (χ2v) is 7.41. The summed E-state index contributed by atoms with van der Waals surface area (Å²) in [6.45, 7) is 2.60. The predicted octanol–water partition coefficient (Wildman–Crippen LogP) is 4.89. The molecule has 2 aromatic heterocycles. The summed E-state index contributed by atoms with van der Waals surface area (Å²) in [5.74, 6) is -0.833. The second-order valence-electron chi connectivity index (χ2n) is 6.07. The van der Waals surface area contributed by atoms with Crippen molar-refractivity contribution in [3.63, 3.8) is 0 Å². The lowest BCUT2D eigenvalue weighted by molar-refractivity contribution is -0.136. The summed E-state index contributed by atoms with van der Waals surface area (Å²) in [5, 5.41) is 18.7. The van der Waals surface area contributed by atoms with Crippen molar-refractivity contribution in [1.82, 2.24) is 9.78 Å². The molecule has 4 nitrogen and oxygen atoms in total. The SMILES string of the molecule is Cc1nn(Cc2csc3ccc(Cl)cc23)c2cc(CC(=O)O)ccc12. The molecule has 0 amide bonds. The molecular weight excluding hydrogens is 356 g/mol. The third-order valence-electron chi connectivity index (χ3n) is 4.29. The van der Waals surface area contributed by atoms with E-state index in [4.69, 9.17) is 16.7 Å². The Kier molecular flexibility index (Phi) is 3.98. The highest BCUT2D eigenvalue weighted by atomic mass is 35.5. The van der Waals surface area contributed by atoms with Crippen LogP contribution >= 0.6 is 22.9 Å². The van der Waals surface area contributed by atoms with Crippen molar-refractivity contribution in [2.75, 3.05) is 0 Å². The van der Waals surface area contributed by atoms with Gasteiger partial charge in [-0.25, -0.2) is 0 Å². The number of rotatable bonds is 4. The average molecular weight is 371 g/mol. The number of hydrogen-bond donors (Lipinski definition) is 1. The van der Waals surface area contributed by atoms with Gasteiger partial charge >= 0.3 is 5.97 Å². The molecule has 4 aromatic rings. The van der Waals surface area contributed by atoms with Gasteiger partial charge in [-0.2, -0.15) is 5.10 Å². The van der Waals surface area contributed by atoms with E-state index < -0.39 is 5.97 Å². The zero-order valence-corrected chi connectivity index (χ0v) is 15.1. The molecule has 1 N–H and O–H groups in total. The van der Waals surface area contributed by atoms with Crippen molar-refractivity contribution in [3.8, 4) is 0 Å². The van der Waals surface area contributed by atoms with Gasteiger partial charge < -0.3 is 5.11 Å². The number of aromatic nitrogens is 2. The van der Waals surface area contributed by atoms with Crippen LogP contribution in [-0.2, 0) is 17.8 Å². The van der Waals surface area contributed by atoms with Crippen molar-refractivity contribution in [2.45, 2.75) is 19.9 Å². The summed E-state index contributed by atoms with van der Waals surface area (Å²) in [6, 6.07) is 11.6. The van der Waals surface area contributed by atoms with Gasteiger partial charge in [-0.3, -0.25) is 9.48 Å². The Hall–Kier alpha value is -2.37. The lowest BCUT2D eigenvalue weighted by Crippen LogP contribution is -2.03. The first kappa shape index (κ1) is 16.1. The standard InChI is InChI=1S/C19H15ClN2O2S/c1-11-15-4-2-12(7-19(23)24)6-17(15)22(21-11)9-13-10-25-18-5-3-14(20)8-16(13)18/h2-6,8,10H,7,9H2,1H3,(H,23,24). The highest BCUT2D eigenvalue weighted by Gasteiger charge is 2.12. The van der Waals surface area contributed by atoms with Gasteiger partial charge in [0.15, 0.2) is 0 Å². The Morgan fingerprint density at radius 1 is 1.24 bits per heavy atom. The lowest BCUT2D eigenvalue weighted by Gasteiger charge is -2.05. The molecule has 0 aliphatic heterocycles. The topological polar surface area (TPSA) is 55.1 Å². The normalized spacial score (nSPS) is 11.4. The minimum atomic E-state index is -0.833. The van der Waals surface area contributed by atoms with Crippen molar-refractivity contribution in [1.29, 1.82) is 0 Å². The maximum absolute atomic E-state index is 11.0. The Morgan fingerprint density at radius 3 is 2.88 bits per heavy atom. The van der Waals surface area contributed by atoms with Crippen LogP contribution in [0.3, 0.4) is 0 Å². The van der Waals surface area contributed by atoms with Crippen molar-refractivity contribution >= 4 is 49.9 Å². The Bertz CT molecular complexity index is 1110. The van der Waals surface area contributed by atoms with Crippen LogP contribution in [0, 0.1) is 6.92 Å². The van der Waals surface area contributed by atoms with E-state index in [2.05, 4.69) is 10.5 Å². The summed E-state index contributed by atoms with van der Waals surface area (Å²) in [7, 11) is 0. The molecule has 0 aliphatic carbocycles. The van der Waals surface area contributed by atoms with Crippen LogP contribution in [-0.4, -0.2) is 20.9 Å². The van der Waals surface area contributed by atoms with Crippen LogP contribution in [0.25, 0.3) is 21.0 Å². The molecule has 25 heavy (non-hydrogen) atoms. The first-order valence-corrected chi connectivity index (χ1v) is 9.10. The quantitative estimate of drug-likeness (QED) is 0.556. The zero-order chi connectivity index (χ0) is 17.6. The number of carboxylic acid groups (broad SMARTS) is 1. The minimum Gasteiger partial charge on any atom is -0.481 e. The molecule has 0 atom stereocenters. The van der Waals surface area contributed by atoms with Gasteiger partial charge in [0.1, 0.15) is 0 Å². The second kappa shape index (κ2) is 6.17. The summed E-state index contributed by atoms with van der Waals surface area (Å²) in [4.78, 5) is 11.0. The highest BCUT2D eigenvalue weighted by Crippen LogP contribution is 2.30. The van der Waals surface area contributed by atoms with E-state index in [9.17, 15) is 4.79 Å². The van der Waals surface area contributed by atoms with Gasteiger partial charge in [0.2, 0.25) is 0 Å². The number of halogens is 1. The van der Waals surface area contributed by atoms with Crippen LogP contribution < -0.4 is 0 Å². The van der Waals surface area contributed by atoms with Gasteiger partial charge in [-0.05, 0) is 53.1 Å². The Balaban J connectivity index is 1.79. The third kappa shape index (κ3) is 3.01. The van der Waals surface area contributed by atoms with E-state index in [1.807, 2.05) is 48.0 Å². The van der Waals surface area contributed by atoms with E-state index in [1.165, 1.54) is 4.70 Å². The Labute approximate surface area is 153 Å². The number of nitrogens with zero attached hydrogens (tertiary/aromatic N) is 2. The maximum atomic E-state index is 11.0. The minimum absolute atomic E-state index is 0.0111. The number of aliphatic carboxylic acids is 1. The van der Waals surface area contributed by atoms with Gasteiger partial charge in [0.25, 0.3) is 0 Å². The van der Waals surface area contributed by atoms with Gasteiger partial charge in [-0.1, -0.05) is 23.7 Å². The van der Waals surface area contributed by atoms with Gasteiger partial charge in [0, 0.05) is 15.1 Å². The number of carboxylic acids is 1. The predicted molar refractivity (Wildman–Crippen MR) is 102 cm³/mol. The molecule has 0 aliphatic rings. The molecule has 6 heteroatoms. The number of hydrogen-bond acceptors (Lipinski definition) is 3. The largest absolute Gasteiger partial charge is 0.481 e. The summed E-state index contributed by atoms with van der Waals surface area (Å²) >= 11 is 7.83. The Morgan fingerprint density at radius 2 is 2.08 bits per heavy atom. The average Bonchev–Trinajstić information content (AvgIpc) is 3.09. The smallest absolute Gasteiger partial charge is 0.307 e. The van der Waals surface area contributed by atoms with E-state index in [-0.39, 0.29) is 6.42 Å². The maximum Gasteiger partial charge on any atom is 0.307 e. The van der Waals surface area contributed by atoms with Crippen LogP contribution in [0.1, 0.15) is 16.8 Å². The molecule has 0 unspecified atom stereocenters. The number of thiophene rings is 1. The van der Waals surface area contributed by atoms with Gasteiger partial charge in [-0.15, -0.1) is 11.3 Å². The molecule has 126 valence electrons. The molecule has 0 saturated carbocycles. The fourth-order valence-electron chi connectivity index (χ4n) is 3.13. The fourth-order valence-corrected chi connectivity index (χ4v) is 4.23. The van der Waals surface area contributed by atoms with Gasteiger partial charge in [0.05, 0.1) is 24.2 Å². The zero-order valence-electron chi connectivity index (χ0n) is 13.5. The highest BCUT2D eigenvalue weighted by molar-refractivity contribution is 7.17. The number of carbonyl (C=O) groups is 1. The molecule has 0 bridgehead atoms. The molecule has 0 saturated heterocycles. The fraction of sp³-hybridized carbons (Fsp3) is 0.158.